The summed E-state index contributed by atoms with van der Waals surface area (Å²) in [6.07, 6.45) is 9.35. The van der Waals surface area contributed by atoms with E-state index in [4.69, 9.17) is 14.2 Å². The molecule has 0 amide bonds. The number of esters is 2. The zero-order chi connectivity index (χ0) is 39.4. The van der Waals surface area contributed by atoms with Gasteiger partial charge in [-0.2, -0.15) is 0 Å². The highest BCUT2D eigenvalue weighted by Crippen LogP contribution is 2.67. The zero-order valence-electron chi connectivity index (χ0n) is 33.8. The molecular weight excluding hydrogens is 709 g/mol. The number of hydrogen-bond acceptors (Lipinski definition) is 10. The summed E-state index contributed by atoms with van der Waals surface area (Å²) in [4.78, 5) is 40.2. The van der Waals surface area contributed by atoms with Crippen LogP contribution in [0.3, 0.4) is 0 Å². The molecule has 1 aromatic heterocycles. The minimum Gasteiger partial charge on any atom is -0.496 e. The average Bonchev–Trinajstić information content (AvgIpc) is 3.71. The third kappa shape index (κ3) is 4.89. The van der Waals surface area contributed by atoms with E-state index in [9.17, 15) is 15.0 Å². The van der Waals surface area contributed by atoms with Crippen molar-refractivity contribution >= 4 is 28.5 Å². The second-order valence-electron chi connectivity index (χ2n) is 18.0. The number of aromatic nitrogens is 1. The fraction of sp³-hybridized carbons (Fsp3) is 0.600. The highest BCUT2D eigenvalue weighted by molar-refractivity contribution is 5.94. The number of nitrogens with one attached hydrogen (secondary N) is 1. The van der Waals surface area contributed by atoms with Gasteiger partial charge in [0.05, 0.1) is 33.0 Å². The van der Waals surface area contributed by atoms with Crippen molar-refractivity contribution in [2.45, 2.75) is 99.3 Å². The van der Waals surface area contributed by atoms with Gasteiger partial charge >= 0.3 is 11.9 Å². The summed E-state index contributed by atoms with van der Waals surface area (Å²) in [5.74, 6) is -0.507. The highest BCUT2D eigenvalue weighted by Gasteiger charge is 2.74. The van der Waals surface area contributed by atoms with Gasteiger partial charge < -0.3 is 34.3 Å². The molecule has 2 bridgehead atoms. The Labute approximate surface area is 329 Å². The Morgan fingerprint density at radius 2 is 1.75 bits per heavy atom. The number of methoxy groups -OCH3 is 3. The average molecular weight is 767 g/mol. The molecule has 56 heavy (non-hydrogen) atoms. The van der Waals surface area contributed by atoms with Gasteiger partial charge in [-0.1, -0.05) is 44.2 Å². The molecule has 1 saturated carbocycles. The fourth-order valence-electron chi connectivity index (χ4n) is 13.4. The van der Waals surface area contributed by atoms with Crippen LogP contribution < -0.4 is 9.64 Å². The van der Waals surface area contributed by atoms with Crippen molar-refractivity contribution in [2.75, 3.05) is 66.0 Å². The monoisotopic (exact) mass is 766 g/mol. The van der Waals surface area contributed by atoms with Crippen molar-refractivity contribution in [3.05, 3.63) is 70.9 Å². The normalized spacial score (nSPS) is 37.3. The molecule has 1 spiro atoms. The van der Waals surface area contributed by atoms with Crippen LogP contribution in [0.5, 0.6) is 5.75 Å². The van der Waals surface area contributed by atoms with E-state index in [1.807, 2.05) is 32.2 Å². The van der Waals surface area contributed by atoms with Crippen LogP contribution in [-0.4, -0.2) is 121 Å². The lowest BCUT2D eigenvalue weighted by Gasteiger charge is -2.66. The number of hydrogen-bond donors (Lipinski definition) is 3. The van der Waals surface area contributed by atoms with Crippen molar-refractivity contribution in [1.29, 1.82) is 0 Å². The molecular formula is C45H58N4O7. The number of benzene rings is 2. The van der Waals surface area contributed by atoms with Crippen LogP contribution in [0.15, 0.2) is 48.6 Å². The Morgan fingerprint density at radius 1 is 0.964 bits per heavy atom. The molecule has 6 aliphatic rings. The van der Waals surface area contributed by atoms with E-state index in [1.165, 1.54) is 14.2 Å². The lowest BCUT2D eigenvalue weighted by Crippen LogP contribution is -2.78. The summed E-state index contributed by atoms with van der Waals surface area (Å²) in [5, 5.41) is 26.0. The van der Waals surface area contributed by atoms with Gasteiger partial charge in [-0.05, 0) is 87.1 Å². The summed E-state index contributed by atoms with van der Waals surface area (Å²) >= 11 is 0. The molecule has 2 saturated heterocycles. The minimum absolute atomic E-state index is 0.0108. The molecule has 3 N–H and O–H groups in total. The Bertz CT molecular complexity index is 2120. The maximum absolute atomic E-state index is 15.3. The molecule has 300 valence electrons. The smallest absolute Gasteiger partial charge is 0.340 e. The number of rotatable bonds is 6. The Balaban J connectivity index is 1.36. The highest BCUT2D eigenvalue weighted by atomic mass is 16.5. The number of ether oxygens (including phenoxy) is 3. The van der Waals surface area contributed by atoms with Crippen LogP contribution in [0.2, 0.25) is 0 Å². The number of aromatic amines is 1. The van der Waals surface area contributed by atoms with Gasteiger partial charge in [-0.3, -0.25) is 14.6 Å². The van der Waals surface area contributed by atoms with Crippen LogP contribution in [-0.2, 0) is 36.3 Å². The van der Waals surface area contributed by atoms with E-state index >= 15 is 4.79 Å². The molecule has 2 aromatic carbocycles. The van der Waals surface area contributed by atoms with Crippen LogP contribution in [0.1, 0.15) is 81.2 Å². The van der Waals surface area contributed by atoms with Crippen LogP contribution >= 0.6 is 0 Å². The second-order valence-corrected chi connectivity index (χ2v) is 18.0. The molecule has 6 heterocycles. The molecule has 9 rings (SSSR count). The number of anilines is 1. The van der Waals surface area contributed by atoms with Crippen molar-refractivity contribution in [2.24, 2.45) is 11.3 Å². The third-order valence-corrected chi connectivity index (χ3v) is 15.4. The lowest BCUT2D eigenvalue weighted by atomic mass is 9.46. The number of piperidine rings is 2. The molecule has 11 heteroatoms. The summed E-state index contributed by atoms with van der Waals surface area (Å²) in [5.41, 5.74) is 0.186. The van der Waals surface area contributed by atoms with E-state index in [0.29, 0.717) is 43.5 Å². The number of carbonyl (C=O) groups excluding carboxylic acids is 2. The number of carbonyl (C=O) groups is 2. The van der Waals surface area contributed by atoms with Crippen LogP contribution in [0, 0.1) is 11.3 Å². The van der Waals surface area contributed by atoms with E-state index in [0.717, 1.165) is 78.9 Å². The van der Waals surface area contributed by atoms with Crippen molar-refractivity contribution in [3.63, 3.8) is 0 Å². The van der Waals surface area contributed by atoms with E-state index in [2.05, 4.69) is 57.0 Å². The number of fused-ring (bicyclic) bond motifs is 6. The van der Waals surface area contributed by atoms with E-state index < -0.39 is 39.5 Å². The number of H-pyrrole nitrogens is 1. The molecule has 1 unspecified atom stereocenters. The van der Waals surface area contributed by atoms with Gasteiger partial charge in [0, 0.05) is 84.0 Å². The van der Waals surface area contributed by atoms with Gasteiger partial charge in [0.15, 0.2) is 5.60 Å². The molecule has 3 fully saturated rings. The van der Waals surface area contributed by atoms with Crippen molar-refractivity contribution in [3.8, 4) is 5.75 Å². The number of para-hydroxylation sites is 1. The quantitative estimate of drug-likeness (QED) is 0.237. The first kappa shape index (κ1) is 37.7. The van der Waals surface area contributed by atoms with E-state index in [1.54, 1.807) is 7.11 Å². The van der Waals surface area contributed by atoms with E-state index in [-0.39, 0.29) is 24.3 Å². The maximum Gasteiger partial charge on any atom is 0.340 e. The summed E-state index contributed by atoms with van der Waals surface area (Å²) in [6.45, 7) is 8.02. The molecule has 11 nitrogen and oxygen atoms in total. The summed E-state index contributed by atoms with van der Waals surface area (Å²) in [6, 6.07) is 11.9. The first-order valence-corrected chi connectivity index (χ1v) is 20.7. The van der Waals surface area contributed by atoms with Crippen molar-refractivity contribution < 1.29 is 34.0 Å². The zero-order valence-corrected chi connectivity index (χ0v) is 33.8. The molecule has 1 aliphatic carbocycles. The largest absolute Gasteiger partial charge is 0.496 e. The SMILES string of the molecule is CC[C@@]1(O)C[C@@H]2CN(CCc3c([nH]c4ccccc34)[C@@](C(=O)OC)(c3cc4c(cc3OC)N(C)[C@@H]3[C@]45CCCN4CC=C[C@@](CC)(C[C@]3(O)C(=O)OC)[C@H]45)C2)C1. The van der Waals surface area contributed by atoms with Gasteiger partial charge in [0.2, 0.25) is 0 Å². The Hall–Kier alpha value is -3.90. The molecule has 5 aliphatic heterocycles. The maximum atomic E-state index is 15.3. The predicted octanol–water partition coefficient (Wildman–Crippen LogP) is 4.84. The number of likely N-dealkylation sites (N-methyl/N-ethyl adjacent to an activating group) is 1. The van der Waals surface area contributed by atoms with Crippen LogP contribution in [0.25, 0.3) is 10.9 Å². The Kier molecular flexibility index (Phi) is 8.78. The van der Waals surface area contributed by atoms with Gasteiger partial charge in [-0.25, -0.2) is 4.79 Å². The minimum atomic E-state index is -1.81. The first-order valence-electron chi connectivity index (χ1n) is 20.7. The van der Waals surface area contributed by atoms with Crippen LogP contribution in [0.4, 0.5) is 5.69 Å². The van der Waals surface area contributed by atoms with Gasteiger partial charge in [0.25, 0.3) is 0 Å². The summed E-state index contributed by atoms with van der Waals surface area (Å²) in [7, 11) is 6.47. The fourth-order valence-corrected chi connectivity index (χ4v) is 13.4. The third-order valence-electron chi connectivity index (χ3n) is 15.4. The summed E-state index contributed by atoms with van der Waals surface area (Å²) < 4.78 is 17.8. The Morgan fingerprint density at radius 3 is 2.48 bits per heavy atom. The van der Waals surface area contributed by atoms with Crippen molar-refractivity contribution in [1.82, 2.24) is 14.8 Å². The lowest BCUT2D eigenvalue weighted by molar-refractivity contribution is -0.189. The number of nitrogens with zero attached hydrogens (tertiary/aromatic N) is 3. The molecule has 9 atom stereocenters. The molecule has 0 radical (unpaired) electrons. The van der Waals surface area contributed by atoms with Gasteiger partial charge in [0.1, 0.15) is 11.2 Å². The number of aliphatic hydroxyl groups is 2. The predicted molar refractivity (Wildman–Crippen MR) is 214 cm³/mol. The van der Waals surface area contributed by atoms with Gasteiger partial charge in [-0.15, -0.1) is 0 Å². The second kappa shape index (κ2) is 13.1. The molecule has 3 aromatic rings. The first-order chi connectivity index (χ1) is 26.9. The topological polar surface area (TPSA) is 128 Å². The standard InChI is InChI=1S/C45H58N4O7/c1-7-41-16-11-18-49-19-12-17-43(37(41)49)31-21-32(35(54-4)22-34(31)47(3)38(43)45(53,26-41)40(51)56-6)44(39(50)55-5)24-28-23-42(52,8-2)27-48(25-28)20-15-30-29-13-9-10-14-33(29)46-36(30)44/h9-11,13-14,16,21-22,28,37-38,46,52-53H,7-8,12,15,17-20,23-27H2,1-6H3/t28-,37-,38+,41-,42+,43+,44-,45+/m0/s1.